The van der Waals surface area contributed by atoms with Crippen molar-refractivity contribution in [3.05, 3.63) is 35.4 Å². The molecule has 0 aromatic heterocycles. The number of rotatable bonds is 0. The van der Waals surface area contributed by atoms with Crippen molar-refractivity contribution in [2.75, 3.05) is 0 Å². The average Bonchev–Trinajstić information content (AvgIpc) is 2.00. The molecule has 0 heteroatoms. The Labute approximate surface area is 71.3 Å². The van der Waals surface area contributed by atoms with Crippen LogP contribution in [0.15, 0.2) is 24.3 Å². The highest BCUT2D eigenvalue weighted by Crippen LogP contribution is 1.99. The van der Waals surface area contributed by atoms with Crippen LogP contribution in [0.3, 0.4) is 0 Å². The van der Waals surface area contributed by atoms with Gasteiger partial charge in [0.2, 0.25) is 0 Å². The predicted octanol–water partition coefficient (Wildman–Crippen LogP) is 3.97. The molecule has 0 amide bonds. The summed E-state index contributed by atoms with van der Waals surface area (Å²) >= 11 is 0. The lowest BCUT2D eigenvalue weighted by atomic mass is 10.2. The van der Waals surface area contributed by atoms with Crippen LogP contribution in [0.2, 0.25) is 0 Å². The summed E-state index contributed by atoms with van der Waals surface area (Å²) in [6, 6.07) is 8.48. The number of hydrogen-bond donors (Lipinski definition) is 0. The maximum Gasteiger partial charge on any atom is -0.0398 e. The summed E-state index contributed by atoms with van der Waals surface area (Å²) < 4.78 is 0. The zero-order chi connectivity index (χ0) is 7.98. The second-order valence-electron chi connectivity index (χ2n) is 2.15. The summed E-state index contributed by atoms with van der Waals surface area (Å²) in [7, 11) is 0. The van der Waals surface area contributed by atoms with Crippen LogP contribution in [0.25, 0.3) is 0 Å². The van der Waals surface area contributed by atoms with Crippen molar-refractivity contribution in [1.29, 1.82) is 0 Å². The summed E-state index contributed by atoms with van der Waals surface area (Å²) in [5.74, 6) is 0. The second-order valence-corrected chi connectivity index (χ2v) is 2.15. The zero-order valence-corrected chi connectivity index (χ0v) is 7.31. The quantitative estimate of drug-likeness (QED) is 0.527. The maximum atomic E-state index is 2.12. The van der Waals surface area contributed by atoms with Crippen molar-refractivity contribution >= 4 is 0 Å². The second kappa shape index (κ2) is 7.33. The highest BCUT2D eigenvalue weighted by Gasteiger charge is 1.79. The van der Waals surface area contributed by atoms with E-state index >= 15 is 0 Å². The molecule has 0 nitrogen and oxygen atoms in total. The minimum absolute atomic E-state index is 0. The van der Waals surface area contributed by atoms with Gasteiger partial charge in [-0.2, -0.15) is 0 Å². The van der Waals surface area contributed by atoms with Crippen molar-refractivity contribution in [2.45, 2.75) is 35.1 Å². The van der Waals surface area contributed by atoms with Gasteiger partial charge in [-0.05, 0) is 13.8 Å². The normalized spacial score (nSPS) is 7.27. The van der Waals surface area contributed by atoms with E-state index in [1.54, 1.807) is 0 Å². The molecule has 0 unspecified atom stereocenters. The number of hydrogen-bond acceptors (Lipinski definition) is 0. The third kappa shape index (κ3) is 5.65. The first-order chi connectivity index (χ1) is 4.79. The Kier molecular flexibility index (Phi) is 8.57. The molecule has 0 saturated heterocycles. The van der Waals surface area contributed by atoms with E-state index in [1.807, 2.05) is 13.8 Å². The highest BCUT2D eigenvalue weighted by atomic mass is 13.9. The van der Waals surface area contributed by atoms with E-state index in [9.17, 15) is 0 Å². The maximum absolute atomic E-state index is 2.12. The van der Waals surface area contributed by atoms with Crippen molar-refractivity contribution in [1.82, 2.24) is 0 Å². The van der Waals surface area contributed by atoms with Crippen LogP contribution in [-0.2, 0) is 0 Å². The van der Waals surface area contributed by atoms with Crippen LogP contribution in [0.5, 0.6) is 0 Å². The van der Waals surface area contributed by atoms with Gasteiger partial charge in [0.25, 0.3) is 0 Å². The van der Waals surface area contributed by atoms with Gasteiger partial charge in [0, 0.05) is 0 Å². The Balaban J connectivity index is 0. The van der Waals surface area contributed by atoms with Gasteiger partial charge in [-0.15, -0.1) is 0 Å². The van der Waals surface area contributed by atoms with Gasteiger partial charge in [-0.3, -0.25) is 0 Å². The molecule has 1 aromatic carbocycles. The Hall–Kier alpha value is -0.780. The van der Waals surface area contributed by atoms with Crippen molar-refractivity contribution < 1.29 is 0 Å². The van der Waals surface area contributed by atoms with Gasteiger partial charge in [-0.1, -0.05) is 56.7 Å². The third-order valence-corrected chi connectivity index (χ3v) is 1.22. The Bertz CT molecular complexity index is 139. The monoisotopic (exact) mass is 152 g/mol. The fourth-order valence-electron chi connectivity index (χ4n) is 0.637. The van der Waals surface area contributed by atoms with Crippen molar-refractivity contribution in [3.63, 3.8) is 0 Å². The fraction of sp³-hybridized carbons (Fsp3) is 0.455. The van der Waals surface area contributed by atoms with E-state index in [1.165, 1.54) is 11.1 Å². The molecule has 0 fully saturated rings. The first-order valence-electron chi connectivity index (χ1n) is 3.82. The predicted molar refractivity (Wildman–Crippen MR) is 54.0 cm³/mol. The molecule has 0 aliphatic rings. The van der Waals surface area contributed by atoms with E-state index < -0.39 is 0 Å². The van der Waals surface area contributed by atoms with Crippen LogP contribution in [0.1, 0.15) is 32.4 Å². The molecule has 0 aliphatic carbocycles. The summed E-state index contributed by atoms with van der Waals surface area (Å²) in [6.45, 7) is 8.19. The van der Waals surface area contributed by atoms with E-state index in [0.717, 1.165) is 0 Å². The molecular weight excluding hydrogens is 132 g/mol. The molecule has 11 heavy (non-hydrogen) atoms. The first-order valence-corrected chi connectivity index (χ1v) is 3.82. The van der Waals surface area contributed by atoms with E-state index in [4.69, 9.17) is 0 Å². The average molecular weight is 152 g/mol. The summed E-state index contributed by atoms with van der Waals surface area (Å²) in [5, 5.41) is 0. The lowest BCUT2D eigenvalue weighted by Crippen LogP contribution is -1.70. The molecule has 0 saturated carbocycles. The molecule has 1 rings (SSSR count). The number of benzene rings is 1. The molecule has 0 atom stereocenters. The summed E-state index contributed by atoms with van der Waals surface area (Å²) in [6.07, 6.45) is 0. The first kappa shape index (κ1) is 12.9. The largest absolute Gasteiger partial charge is 0.0776 e. The standard InChI is InChI=1S/C8H10.C2H6.CH4/c1-7-3-5-8(2)6-4-7;1-2;/h3-6H,1-2H3;1-2H3;1H4. The molecule has 0 N–H and O–H groups in total. The SMILES string of the molecule is C.CC.Cc1ccc(C)cc1. The minimum Gasteiger partial charge on any atom is -0.0776 e. The van der Waals surface area contributed by atoms with Crippen LogP contribution in [0.4, 0.5) is 0 Å². The van der Waals surface area contributed by atoms with E-state index in [2.05, 4.69) is 38.1 Å². The fourth-order valence-corrected chi connectivity index (χ4v) is 0.637. The Morgan fingerprint density at radius 1 is 0.727 bits per heavy atom. The van der Waals surface area contributed by atoms with Gasteiger partial charge in [-0.25, -0.2) is 0 Å². The van der Waals surface area contributed by atoms with Crippen molar-refractivity contribution in [2.24, 2.45) is 0 Å². The molecule has 0 radical (unpaired) electrons. The zero-order valence-electron chi connectivity index (χ0n) is 7.31. The van der Waals surface area contributed by atoms with Crippen LogP contribution in [0, 0.1) is 13.8 Å². The Morgan fingerprint density at radius 3 is 1.09 bits per heavy atom. The topological polar surface area (TPSA) is 0 Å². The van der Waals surface area contributed by atoms with Crippen LogP contribution < -0.4 is 0 Å². The lowest BCUT2D eigenvalue weighted by molar-refractivity contribution is 1.40. The molecular formula is C11H20. The minimum atomic E-state index is 0. The van der Waals surface area contributed by atoms with E-state index in [-0.39, 0.29) is 7.43 Å². The summed E-state index contributed by atoms with van der Waals surface area (Å²) in [4.78, 5) is 0. The number of aryl methyl sites for hydroxylation is 2. The van der Waals surface area contributed by atoms with Crippen LogP contribution >= 0.6 is 0 Å². The third-order valence-electron chi connectivity index (χ3n) is 1.22. The molecule has 0 heterocycles. The molecule has 0 bridgehead atoms. The Morgan fingerprint density at radius 2 is 0.909 bits per heavy atom. The van der Waals surface area contributed by atoms with Gasteiger partial charge in [0.05, 0.1) is 0 Å². The molecule has 0 aliphatic heterocycles. The van der Waals surface area contributed by atoms with Gasteiger partial charge < -0.3 is 0 Å². The molecule has 0 spiro atoms. The van der Waals surface area contributed by atoms with E-state index in [0.29, 0.717) is 0 Å². The van der Waals surface area contributed by atoms with Crippen molar-refractivity contribution in [3.8, 4) is 0 Å². The summed E-state index contributed by atoms with van der Waals surface area (Å²) in [5.41, 5.74) is 2.66. The van der Waals surface area contributed by atoms with Gasteiger partial charge in [0.1, 0.15) is 0 Å². The van der Waals surface area contributed by atoms with Gasteiger partial charge >= 0.3 is 0 Å². The lowest BCUT2D eigenvalue weighted by Gasteiger charge is -1.90. The molecule has 1 aromatic rings. The highest BCUT2D eigenvalue weighted by molar-refractivity contribution is 5.19. The van der Waals surface area contributed by atoms with Gasteiger partial charge in [0.15, 0.2) is 0 Å². The molecule has 64 valence electrons. The van der Waals surface area contributed by atoms with Crippen LogP contribution in [-0.4, -0.2) is 0 Å². The smallest absolute Gasteiger partial charge is 0.0398 e.